The second kappa shape index (κ2) is 18.5. The van der Waals surface area contributed by atoms with Gasteiger partial charge in [0.15, 0.2) is 0 Å². The summed E-state index contributed by atoms with van der Waals surface area (Å²) in [5.74, 6) is 0.347. The summed E-state index contributed by atoms with van der Waals surface area (Å²) in [4.78, 5) is 13.8. The Hall–Kier alpha value is -7.70. The van der Waals surface area contributed by atoms with Gasteiger partial charge in [-0.2, -0.15) is 0 Å². The number of nitrogens with zero attached hydrogens (tertiary/aromatic N) is 4. The van der Waals surface area contributed by atoms with E-state index in [0.717, 1.165) is 56.4 Å². The first-order chi connectivity index (χ1) is 29.8. The van der Waals surface area contributed by atoms with Crippen LogP contribution < -0.4 is 9.80 Å². The summed E-state index contributed by atoms with van der Waals surface area (Å²) in [5, 5.41) is 22.0. The Kier molecular flexibility index (Phi) is 12.1. The molecule has 0 aliphatic heterocycles. The first-order valence-electron chi connectivity index (χ1n) is 20.5. The number of aromatic hydroxyl groups is 2. The van der Waals surface area contributed by atoms with E-state index in [1.165, 1.54) is 0 Å². The molecule has 8 rings (SSSR count). The third-order valence-electron chi connectivity index (χ3n) is 10.5. The average molecular weight is 797 g/mol. The van der Waals surface area contributed by atoms with Crippen molar-refractivity contribution < 1.29 is 10.2 Å². The number of hydrogen-bond donors (Lipinski definition) is 2. The van der Waals surface area contributed by atoms with Gasteiger partial charge in [-0.3, -0.25) is 9.98 Å². The summed E-state index contributed by atoms with van der Waals surface area (Å²) in [5.41, 5.74) is 11.3. The van der Waals surface area contributed by atoms with Crippen LogP contribution in [0.4, 0.5) is 34.1 Å². The minimum Gasteiger partial charge on any atom is -0.507 e. The molecule has 0 heterocycles. The first-order valence-corrected chi connectivity index (χ1v) is 20.5. The number of anilines is 6. The summed E-state index contributed by atoms with van der Waals surface area (Å²) in [6.45, 7) is 5.24. The lowest BCUT2D eigenvalue weighted by Crippen LogP contribution is -2.19. The predicted octanol–water partition coefficient (Wildman–Crippen LogP) is 13.9. The molecule has 2 N–H and O–H groups in total. The summed E-state index contributed by atoms with van der Waals surface area (Å²) < 4.78 is 0. The lowest BCUT2D eigenvalue weighted by molar-refractivity contribution is 0.396. The van der Waals surface area contributed by atoms with Crippen LogP contribution in [-0.4, -0.2) is 35.7 Å². The number of benzene rings is 8. The SMILES string of the molecule is CC(C)(CN=Cc1ccc(-c2ccc(N(c3ccccc3)c3ccccc3)cc2)cc1O)CN=Cc1ccc(-c2ccc(N(c3ccccc3)c3ccccc3)cc2)cc1O. The molecule has 0 aliphatic rings. The minimum atomic E-state index is -0.248. The molecule has 300 valence electrons. The van der Waals surface area contributed by atoms with Crippen molar-refractivity contribution in [2.24, 2.45) is 15.4 Å². The average Bonchev–Trinajstić information content (AvgIpc) is 3.29. The monoisotopic (exact) mass is 796 g/mol. The van der Waals surface area contributed by atoms with Gasteiger partial charge in [0.05, 0.1) is 0 Å². The van der Waals surface area contributed by atoms with Crippen LogP contribution >= 0.6 is 0 Å². The Morgan fingerprint density at radius 3 is 0.951 bits per heavy atom. The standard InChI is InChI=1S/C55H48N4O2/c1-55(2,39-56-37-45-25-23-43(35-53(45)60)41-27-31-51(32-28-41)58(47-15-7-3-8-16-47)48-17-9-4-10-18-48)40-57-38-46-26-24-44(36-54(46)61)42-29-33-52(34-30-42)59(49-19-11-5-12-20-49)50-21-13-6-14-22-50/h3-38,60-61H,39-40H2,1-2H3. The van der Waals surface area contributed by atoms with Crippen LogP contribution in [0.1, 0.15) is 25.0 Å². The van der Waals surface area contributed by atoms with Crippen molar-refractivity contribution in [3.05, 3.63) is 217 Å². The van der Waals surface area contributed by atoms with Crippen LogP contribution in [0.3, 0.4) is 0 Å². The smallest absolute Gasteiger partial charge is 0.124 e. The molecule has 0 bridgehead atoms. The summed E-state index contributed by atoms with van der Waals surface area (Å²) in [6, 6.07) is 69.4. The number of rotatable bonds is 14. The molecule has 61 heavy (non-hydrogen) atoms. The van der Waals surface area contributed by atoms with Gasteiger partial charge in [-0.15, -0.1) is 0 Å². The molecular weight excluding hydrogens is 749 g/mol. The predicted molar refractivity (Wildman–Crippen MR) is 255 cm³/mol. The van der Waals surface area contributed by atoms with Crippen LogP contribution in [-0.2, 0) is 0 Å². The molecule has 6 nitrogen and oxygen atoms in total. The quantitative estimate of drug-likeness (QED) is 0.108. The van der Waals surface area contributed by atoms with E-state index in [1.807, 2.05) is 97.1 Å². The second-order valence-corrected chi connectivity index (χ2v) is 15.8. The van der Waals surface area contributed by atoms with E-state index in [-0.39, 0.29) is 16.9 Å². The molecule has 0 atom stereocenters. The van der Waals surface area contributed by atoms with E-state index in [4.69, 9.17) is 0 Å². The zero-order valence-electron chi connectivity index (χ0n) is 34.4. The summed E-state index contributed by atoms with van der Waals surface area (Å²) in [6.07, 6.45) is 3.45. The maximum absolute atomic E-state index is 11.0. The van der Waals surface area contributed by atoms with Gasteiger partial charge >= 0.3 is 0 Å². The molecule has 8 aromatic rings. The van der Waals surface area contributed by atoms with Gasteiger partial charge in [0.1, 0.15) is 11.5 Å². The van der Waals surface area contributed by atoms with Gasteiger partial charge in [-0.05, 0) is 119 Å². The molecule has 0 saturated heterocycles. The van der Waals surface area contributed by atoms with E-state index < -0.39 is 0 Å². The van der Waals surface area contributed by atoms with Crippen LogP contribution in [0.25, 0.3) is 22.3 Å². The molecule has 8 aromatic carbocycles. The van der Waals surface area contributed by atoms with Crippen molar-refractivity contribution in [1.29, 1.82) is 0 Å². The van der Waals surface area contributed by atoms with Gasteiger partial charge in [-0.1, -0.05) is 123 Å². The number of phenolic OH excluding ortho intramolecular Hbond substituents is 2. The molecule has 0 aromatic heterocycles. The number of hydrogen-bond acceptors (Lipinski definition) is 6. The normalized spacial score (nSPS) is 11.6. The second-order valence-electron chi connectivity index (χ2n) is 15.8. The van der Waals surface area contributed by atoms with Crippen LogP contribution in [0, 0.1) is 5.41 Å². The molecule has 0 aliphatic carbocycles. The zero-order valence-corrected chi connectivity index (χ0v) is 34.4. The highest BCUT2D eigenvalue weighted by Crippen LogP contribution is 2.37. The fraction of sp³-hybridized carbons (Fsp3) is 0.0909. The highest BCUT2D eigenvalue weighted by molar-refractivity contribution is 5.87. The van der Waals surface area contributed by atoms with Crippen molar-refractivity contribution in [3.8, 4) is 33.8 Å². The molecule has 0 radical (unpaired) electrons. The third kappa shape index (κ3) is 9.78. The maximum atomic E-state index is 11.0. The Balaban J connectivity index is 0.876. The molecule has 0 saturated carbocycles. The lowest BCUT2D eigenvalue weighted by atomic mass is 9.94. The Morgan fingerprint density at radius 1 is 0.377 bits per heavy atom. The molecular formula is C55H48N4O2. The van der Waals surface area contributed by atoms with Crippen molar-refractivity contribution in [1.82, 2.24) is 0 Å². The van der Waals surface area contributed by atoms with Gasteiger partial charge in [-0.25, -0.2) is 0 Å². The molecule has 0 fully saturated rings. The number of para-hydroxylation sites is 4. The topological polar surface area (TPSA) is 71.7 Å². The van der Waals surface area contributed by atoms with Crippen molar-refractivity contribution in [3.63, 3.8) is 0 Å². The molecule has 0 unspecified atom stereocenters. The fourth-order valence-corrected chi connectivity index (χ4v) is 7.31. The summed E-state index contributed by atoms with van der Waals surface area (Å²) >= 11 is 0. The Labute approximate surface area is 358 Å². The van der Waals surface area contributed by atoms with Crippen molar-refractivity contribution in [2.75, 3.05) is 22.9 Å². The van der Waals surface area contributed by atoms with E-state index in [2.05, 4.69) is 131 Å². The lowest BCUT2D eigenvalue weighted by Gasteiger charge is -2.25. The summed E-state index contributed by atoms with van der Waals surface area (Å²) in [7, 11) is 0. The largest absolute Gasteiger partial charge is 0.507 e. The fourth-order valence-electron chi connectivity index (χ4n) is 7.31. The number of aliphatic imine (C=N–C) groups is 2. The Morgan fingerprint density at radius 2 is 0.656 bits per heavy atom. The Bertz CT molecular complexity index is 2450. The number of phenols is 2. The third-order valence-corrected chi connectivity index (χ3v) is 10.5. The van der Waals surface area contributed by atoms with Crippen molar-refractivity contribution in [2.45, 2.75) is 13.8 Å². The van der Waals surface area contributed by atoms with Gasteiger partial charge in [0.25, 0.3) is 0 Å². The maximum Gasteiger partial charge on any atom is 0.124 e. The van der Waals surface area contributed by atoms with Crippen molar-refractivity contribution >= 4 is 46.6 Å². The molecule has 0 spiro atoms. The van der Waals surface area contributed by atoms with E-state index in [0.29, 0.717) is 24.2 Å². The highest BCUT2D eigenvalue weighted by Gasteiger charge is 2.17. The van der Waals surface area contributed by atoms with Gasteiger partial charge in [0.2, 0.25) is 0 Å². The van der Waals surface area contributed by atoms with Gasteiger partial charge in [0, 0.05) is 76.2 Å². The highest BCUT2D eigenvalue weighted by atomic mass is 16.3. The zero-order chi connectivity index (χ0) is 42.0. The van der Waals surface area contributed by atoms with Crippen LogP contribution in [0.2, 0.25) is 0 Å². The van der Waals surface area contributed by atoms with E-state index >= 15 is 0 Å². The molecule has 6 heteroatoms. The first kappa shape index (κ1) is 40.1. The van der Waals surface area contributed by atoms with Gasteiger partial charge < -0.3 is 20.0 Å². The van der Waals surface area contributed by atoms with E-state index in [9.17, 15) is 10.2 Å². The molecule has 0 amide bonds. The van der Waals surface area contributed by atoms with Crippen LogP contribution in [0.15, 0.2) is 216 Å². The van der Waals surface area contributed by atoms with Crippen LogP contribution in [0.5, 0.6) is 11.5 Å². The van der Waals surface area contributed by atoms with E-state index in [1.54, 1.807) is 24.6 Å². The minimum absolute atomic E-state index is 0.174.